The van der Waals surface area contributed by atoms with Crippen LogP contribution >= 0.6 is 0 Å². The molecule has 0 spiro atoms. The molecule has 3 aromatic rings. The quantitative estimate of drug-likeness (QED) is 0.740. The van der Waals surface area contributed by atoms with E-state index in [1.807, 2.05) is 60.7 Å². The Morgan fingerprint density at radius 3 is 2.52 bits per heavy atom. The summed E-state index contributed by atoms with van der Waals surface area (Å²) in [6.07, 6.45) is 1.77. The van der Waals surface area contributed by atoms with Gasteiger partial charge in [-0.05, 0) is 65.4 Å². The van der Waals surface area contributed by atoms with Crippen LogP contribution in [0.5, 0.6) is 5.75 Å². The van der Waals surface area contributed by atoms with Crippen LogP contribution in [0.25, 0.3) is 11.1 Å². The molecular formula is C23H22N2O2. The number of hydrogen-bond donors (Lipinski definition) is 2. The molecule has 0 fully saturated rings. The normalized spacial score (nSPS) is 15.3. The fourth-order valence-corrected chi connectivity index (χ4v) is 3.63. The Bertz CT molecular complexity index is 980. The molecule has 1 unspecified atom stereocenters. The maximum Gasteiger partial charge on any atom is 0.256 e. The van der Waals surface area contributed by atoms with Gasteiger partial charge in [-0.25, -0.2) is 0 Å². The molecule has 4 heteroatoms. The van der Waals surface area contributed by atoms with E-state index in [4.69, 9.17) is 10.5 Å². The second-order valence-corrected chi connectivity index (χ2v) is 6.88. The van der Waals surface area contributed by atoms with Crippen molar-refractivity contribution in [2.45, 2.75) is 18.9 Å². The van der Waals surface area contributed by atoms with Gasteiger partial charge in [0.1, 0.15) is 5.75 Å². The van der Waals surface area contributed by atoms with E-state index in [2.05, 4.69) is 11.4 Å². The zero-order valence-corrected chi connectivity index (χ0v) is 15.2. The van der Waals surface area contributed by atoms with Gasteiger partial charge in [0.2, 0.25) is 0 Å². The molecule has 4 rings (SSSR count). The lowest BCUT2D eigenvalue weighted by Crippen LogP contribution is -2.19. The third-order valence-corrected chi connectivity index (χ3v) is 5.00. The van der Waals surface area contributed by atoms with Gasteiger partial charge in [0.05, 0.1) is 7.11 Å². The van der Waals surface area contributed by atoms with E-state index in [0.29, 0.717) is 5.56 Å². The fraction of sp³-hybridized carbons (Fsp3) is 0.174. The van der Waals surface area contributed by atoms with Gasteiger partial charge in [-0.15, -0.1) is 0 Å². The van der Waals surface area contributed by atoms with Crippen molar-refractivity contribution < 1.29 is 9.53 Å². The third kappa shape index (κ3) is 3.57. The van der Waals surface area contributed by atoms with E-state index in [9.17, 15) is 4.79 Å². The summed E-state index contributed by atoms with van der Waals surface area (Å²) in [6.45, 7) is 0. The van der Waals surface area contributed by atoms with Gasteiger partial charge in [0.15, 0.2) is 0 Å². The molecule has 3 N–H and O–H groups in total. The van der Waals surface area contributed by atoms with Crippen molar-refractivity contribution in [2.75, 3.05) is 12.4 Å². The highest BCUT2D eigenvalue weighted by atomic mass is 16.5. The standard InChI is InChI=1S/C23H22N2O2/c1-27-20-10-7-15(8-11-20)21-4-2-3-5-22(21)23(26)25-19-9-6-16-12-18(24)13-17(16)14-19/h2-11,14,18H,12-13,24H2,1H3,(H,25,26). The first-order chi connectivity index (χ1) is 13.1. The molecule has 0 radical (unpaired) electrons. The van der Waals surface area contributed by atoms with Crippen molar-refractivity contribution in [3.63, 3.8) is 0 Å². The lowest BCUT2D eigenvalue weighted by atomic mass is 9.99. The molecule has 1 atom stereocenters. The number of fused-ring (bicyclic) bond motifs is 1. The van der Waals surface area contributed by atoms with E-state index in [1.165, 1.54) is 11.1 Å². The smallest absolute Gasteiger partial charge is 0.256 e. The van der Waals surface area contributed by atoms with Gasteiger partial charge in [-0.3, -0.25) is 4.79 Å². The molecule has 4 nitrogen and oxygen atoms in total. The van der Waals surface area contributed by atoms with E-state index >= 15 is 0 Å². The molecule has 1 aliphatic carbocycles. The first-order valence-electron chi connectivity index (χ1n) is 9.06. The molecule has 0 bridgehead atoms. The highest BCUT2D eigenvalue weighted by Gasteiger charge is 2.19. The summed E-state index contributed by atoms with van der Waals surface area (Å²) in [7, 11) is 1.64. The Hall–Kier alpha value is -3.11. The first-order valence-corrected chi connectivity index (χ1v) is 9.06. The average Bonchev–Trinajstić information content (AvgIpc) is 3.07. The molecule has 1 amide bonds. The number of ether oxygens (including phenoxy) is 1. The molecule has 0 aliphatic heterocycles. The van der Waals surface area contributed by atoms with Crippen LogP contribution in [0.4, 0.5) is 5.69 Å². The number of rotatable bonds is 4. The van der Waals surface area contributed by atoms with Crippen molar-refractivity contribution in [3.8, 4) is 16.9 Å². The minimum absolute atomic E-state index is 0.122. The number of carbonyl (C=O) groups is 1. The number of methoxy groups -OCH3 is 1. The summed E-state index contributed by atoms with van der Waals surface area (Å²) in [5.41, 5.74) is 11.8. The monoisotopic (exact) mass is 358 g/mol. The predicted molar refractivity (Wildman–Crippen MR) is 108 cm³/mol. The SMILES string of the molecule is COc1ccc(-c2ccccc2C(=O)Nc2ccc3c(c2)CC(N)C3)cc1. The molecule has 3 aromatic carbocycles. The lowest BCUT2D eigenvalue weighted by Gasteiger charge is -2.12. The molecule has 0 saturated heterocycles. The zero-order chi connectivity index (χ0) is 18.8. The number of amides is 1. The maximum atomic E-state index is 12.9. The van der Waals surface area contributed by atoms with E-state index in [-0.39, 0.29) is 11.9 Å². The van der Waals surface area contributed by atoms with Gasteiger partial charge in [0, 0.05) is 17.3 Å². The fourth-order valence-electron chi connectivity index (χ4n) is 3.63. The van der Waals surface area contributed by atoms with Crippen LogP contribution in [0.3, 0.4) is 0 Å². The third-order valence-electron chi connectivity index (χ3n) is 5.00. The number of anilines is 1. The first kappa shape index (κ1) is 17.3. The molecule has 1 aliphatic rings. The second-order valence-electron chi connectivity index (χ2n) is 6.88. The van der Waals surface area contributed by atoms with Crippen molar-refractivity contribution in [1.29, 1.82) is 0 Å². The lowest BCUT2D eigenvalue weighted by molar-refractivity contribution is 0.102. The van der Waals surface area contributed by atoms with Gasteiger partial charge in [-0.1, -0.05) is 36.4 Å². The van der Waals surface area contributed by atoms with Crippen LogP contribution in [0.1, 0.15) is 21.5 Å². The summed E-state index contributed by atoms with van der Waals surface area (Å²) in [6, 6.07) is 21.6. The van der Waals surface area contributed by atoms with Crippen LogP contribution in [0.15, 0.2) is 66.7 Å². The molecule has 27 heavy (non-hydrogen) atoms. The Balaban J connectivity index is 1.60. The molecule has 0 heterocycles. The Kier molecular flexibility index (Phi) is 4.65. The summed E-state index contributed by atoms with van der Waals surface area (Å²) in [5.74, 6) is 0.667. The Morgan fingerprint density at radius 2 is 1.74 bits per heavy atom. The van der Waals surface area contributed by atoms with E-state index in [0.717, 1.165) is 35.4 Å². The summed E-state index contributed by atoms with van der Waals surface area (Å²) < 4.78 is 5.22. The second kappa shape index (κ2) is 7.25. The molecule has 136 valence electrons. The number of benzene rings is 3. The number of nitrogens with one attached hydrogen (secondary N) is 1. The van der Waals surface area contributed by atoms with E-state index < -0.39 is 0 Å². The van der Waals surface area contributed by atoms with Crippen LogP contribution in [0, 0.1) is 0 Å². The molecule has 0 aromatic heterocycles. The van der Waals surface area contributed by atoms with Crippen LogP contribution in [-0.2, 0) is 12.8 Å². The van der Waals surface area contributed by atoms with Crippen molar-refractivity contribution in [1.82, 2.24) is 0 Å². The van der Waals surface area contributed by atoms with Crippen molar-refractivity contribution in [3.05, 3.63) is 83.4 Å². The highest BCUT2D eigenvalue weighted by Crippen LogP contribution is 2.28. The van der Waals surface area contributed by atoms with Crippen LogP contribution in [0.2, 0.25) is 0 Å². The topological polar surface area (TPSA) is 64.3 Å². The number of hydrogen-bond acceptors (Lipinski definition) is 3. The largest absolute Gasteiger partial charge is 0.497 e. The van der Waals surface area contributed by atoms with Crippen molar-refractivity contribution in [2.24, 2.45) is 5.73 Å². The Labute approximate surface area is 159 Å². The highest BCUT2D eigenvalue weighted by molar-refractivity contribution is 6.08. The summed E-state index contributed by atoms with van der Waals surface area (Å²) in [5, 5.41) is 3.03. The van der Waals surface area contributed by atoms with Crippen molar-refractivity contribution >= 4 is 11.6 Å². The van der Waals surface area contributed by atoms with Gasteiger partial charge < -0.3 is 15.8 Å². The van der Waals surface area contributed by atoms with Crippen LogP contribution < -0.4 is 15.8 Å². The maximum absolute atomic E-state index is 12.9. The minimum Gasteiger partial charge on any atom is -0.497 e. The predicted octanol–water partition coefficient (Wildman–Crippen LogP) is 4.04. The van der Waals surface area contributed by atoms with Gasteiger partial charge in [0.25, 0.3) is 5.91 Å². The van der Waals surface area contributed by atoms with Crippen LogP contribution in [-0.4, -0.2) is 19.1 Å². The summed E-state index contributed by atoms with van der Waals surface area (Å²) >= 11 is 0. The van der Waals surface area contributed by atoms with Gasteiger partial charge >= 0.3 is 0 Å². The Morgan fingerprint density at radius 1 is 1.00 bits per heavy atom. The number of carbonyl (C=O) groups excluding carboxylic acids is 1. The van der Waals surface area contributed by atoms with Gasteiger partial charge in [-0.2, -0.15) is 0 Å². The molecule has 0 saturated carbocycles. The molecular weight excluding hydrogens is 336 g/mol. The summed E-state index contributed by atoms with van der Waals surface area (Å²) in [4.78, 5) is 12.9. The minimum atomic E-state index is -0.122. The van der Waals surface area contributed by atoms with E-state index in [1.54, 1.807) is 7.11 Å². The number of nitrogens with two attached hydrogens (primary N) is 1. The zero-order valence-electron chi connectivity index (χ0n) is 15.2. The average molecular weight is 358 g/mol.